The highest BCUT2D eigenvalue weighted by atomic mass is 15.3. The molecular weight excluding hydrogens is 593 g/mol. The van der Waals surface area contributed by atoms with Crippen LogP contribution < -0.4 is 26.2 Å². The molecule has 3 nitrogen and oxygen atoms in total. The summed E-state index contributed by atoms with van der Waals surface area (Å²) in [5.74, 6) is 0. The molecule has 0 radical (unpaired) electrons. The Morgan fingerprint density at radius 1 is 0.592 bits per heavy atom. The van der Waals surface area contributed by atoms with Gasteiger partial charge in [-0.2, -0.15) is 0 Å². The monoisotopic (exact) mass is 631 g/mol. The van der Waals surface area contributed by atoms with Crippen molar-refractivity contribution < 1.29 is 0 Å². The number of para-hydroxylation sites is 4. The van der Waals surface area contributed by atoms with E-state index in [1.54, 1.807) is 5.56 Å². The van der Waals surface area contributed by atoms with Gasteiger partial charge in [-0.3, -0.25) is 0 Å². The average Bonchev–Trinajstić information content (AvgIpc) is 3.81. The maximum atomic E-state index is 2.78. The van der Waals surface area contributed by atoms with Crippen LogP contribution in [-0.4, -0.2) is 16.8 Å². The highest BCUT2D eigenvalue weighted by Crippen LogP contribution is 2.63. The van der Waals surface area contributed by atoms with E-state index in [9.17, 15) is 0 Å². The van der Waals surface area contributed by atoms with E-state index in [1.165, 1.54) is 104 Å². The zero-order valence-electron chi connectivity index (χ0n) is 28.4. The normalized spacial score (nSPS) is 17.6. The van der Waals surface area contributed by atoms with Gasteiger partial charge in [-0.15, -0.1) is 0 Å². The van der Waals surface area contributed by atoms with Gasteiger partial charge in [0, 0.05) is 55.9 Å². The second-order valence-corrected chi connectivity index (χ2v) is 15.3. The van der Waals surface area contributed by atoms with E-state index in [2.05, 4.69) is 163 Å². The lowest BCUT2D eigenvalue weighted by molar-refractivity contribution is 0.282. The minimum atomic E-state index is -0.0228. The van der Waals surface area contributed by atoms with Crippen molar-refractivity contribution in [3.63, 3.8) is 0 Å². The van der Waals surface area contributed by atoms with Crippen molar-refractivity contribution in [3.8, 4) is 5.69 Å². The van der Waals surface area contributed by atoms with Crippen molar-refractivity contribution >= 4 is 73.3 Å². The molecule has 3 aliphatic heterocycles. The number of hydrogen-bond acceptors (Lipinski definition) is 2. The van der Waals surface area contributed by atoms with Crippen LogP contribution in [0.1, 0.15) is 50.7 Å². The molecule has 0 amide bonds. The summed E-state index contributed by atoms with van der Waals surface area (Å²) in [5.41, 5.74) is 17.8. The lowest BCUT2D eigenvalue weighted by Crippen LogP contribution is -2.63. The number of aryl methyl sites for hydroxylation is 1. The fourth-order valence-corrected chi connectivity index (χ4v) is 10.9. The summed E-state index contributed by atoms with van der Waals surface area (Å²) in [6.45, 7) is 7.62. The van der Waals surface area contributed by atoms with Crippen LogP contribution in [-0.2, 0) is 5.41 Å². The van der Waals surface area contributed by atoms with Crippen molar-refractivity contribution in [2.75, 3.05) is 9.80 Å². The summed E-state index contributed by atoms with van der Waals surface area (Å²) in [4.78, 5) is 5.36. The molecular formula is C45H38BN3. The Balaban J connectivity index is 1.25. The Labute approximate surface area is 288 Å². The third kappa shape index (κ3) is 3.30. The smallest absolute Gasteiger partial charge is 0.252 e. The Morgan fingerprint density at radius 3 is 1.96 bits per heavy atom. The highest BCUT2D eigenvalue weighted by molar-refractivity contribution is 7.00. The lowest BCUT2D eigenvalue weighted by atomic mass is 9.33. The predicted octanol–water partition coefficient (Wildman–Crippen LogP) is 9.45. The van der Waals surface area contributed by atoms with E-state index < -0.39 is 0 Å². The van der Waals surface area contributed by atoms with Crippen LogP contribution in [0.15, 0.2) is 127 Å². The molecule has 1 saturated carbocycles. The molecule has 1 fully saturated rings. The van der Waals surface area contributed by atoms with Gasteiger partial charge in [0.15, 0.2) is 0 Å². The maximum absolute atomic E-state index is 2.78. The van der Waals surface area contributed by atoms with Crippen LogP contribution in [0.2, 0.25) is 0 Å². The van der Waals surface area contributed by atoms with Gasteiger partial charge < -0.3 is 14.4 Å². The van der Waals surface area contributed by atoms with Crippen LogP contribution in [0.25, 0.3) is 27.5 Å². The Bertz CT molecular complexity index is 2470. The average molecular weight is 632 g/mol. The molecule has 4 heteroatoms. The zero-order chi connectivity index (χ0) is 32.6. The quantitative estimate of drug-likeness (QED) is 0.176. The van der Waals surface area contributed by atoms with E-state index in [0.29, 0.717) is 0 Å². The fourth-order valence-electron chi connectivity index (χ4n) is 10.9. The Hall–Kier alpha value is -5.22. The molecule has 4 aliphatic rings. The molecule has 1 spiro atoms. The number of rotatable bonds is 2. The molecule has 0 bridgehead atoms. The van der Waals surface area contributed by atoms with Crippen molar-refractivity contribution in [1.29, 1.82) is 0 Å². The molecule has 4 heterocycles. The molecule has 11 rings (SSSR count). The summed E-state index contributed by atoms with van der Waals surface area (Å²) in [6.07, 6.45) is 5.14. The first-order chi connectivity index (χ1) is 24.0. The van der Waals surface area contributed by atoms with Crippen LogP contribution in [0.3, 0.4) is 0 Å². The van der Waals surface area contributed by atoms with Crippen LogP contribution in [0.5, 0.6) is 0 Å². The van der Waals surface area contributed by atoms with Gasteiger partial charge in [0.1, 0.15) is 0 Å². The largest absolute Gasteiger partial charge is 0.336 e. The summed E-state index contributed by atoms with van der Waals surface area (Å²) in [7, 11) is 0. The van der Waals surface area contributed by atoms with E-state index >= 15 is 0 Å². The number of anilines is 5. The van der Waals surface area contributed by atoms with E-state index in [1.807, 2.05) is 0 Å². The summed E-state index contributed by atoms with van der Waals surface area (Å²) in [5, 5.41) is 2.58. The van der Waals surface area contributed by atoms with Crippen LogP contribution >= 0.6 is 0 Å². The lowest BCUT2D eigenvalue weighted by Gasteiger charge is -2.48. The van der Waals surface area contributed by atoms with Crippen molar-refractivity contribution in [2.24, 2.45) is 0 Å². The number of nitrogens with zero attached hydrogens (tertiary/aromatic N) is 3. The summed E-state index contributed by atoms with van der Waals surface area (Å²) < 4.78 is 2.46. The second kappa shape index (κ2) is 9.48. The number of hydrogen-bond donors (Lipinski definition) is 0. The van der Waals surface area contributed by atoms with Gasteiger partial charge in [0.2, 0.25) is 0 Å². The number of benzene rings is 6. The molecule has 236 valence electrons. The van der Waals surface area contributed by atoms with Crippen molar-refractivity contribution in [3.05, 3.63) is 139 Å². The van der Waals surface area contributed by atoms with E-state index in [0.717, 1.165) is 0 Å². The third-order valence-corrected chi connectivity index (χ3v) is 12.8. The molecule has 49 heavy (non-hydrogen) atoms. The fraction of sp³-hybridized carbons (Fsp3) is 0.200. The van der Waals surface area contributed by atoms with Crippen molar-refractivity contribution in [2.45, 2.75) is 57.4 Å². The molecule has 1 aromatic heterocycles. The summed E-state index contributed by atoms with van der Waals surface area (Å²) >= 11 is 0. The molecule has 1 aliphatic carbocycles. The van der Waals surface area contributed by atoms with Gasteiger partial charge in [0.05, 0.1) is 11.0 Å². The van der Waals surface area contributed by atoms with Gasteiger partial charge >= 0.3 is 0 Å². The molecule has 0 N–H and O–H groups in total. The summed E-state index contributed by atoms with van der Waals surface area (Å²) in [6, 6.07) is 47.9. The second-order valence-electron chi connectivity index (χ2n) is 15.3. The molecule has 0 saturated heterocycles. The minimum Gasteiger partial charge on any atom is -0.336 e. The van der Waals surface area contributed by atoms with Crippen molar-refractivity contribution in [1.82, 2.24) is 4.57 Å². The Kier molecular flexibility index (Phi) is 5.36. The SMILES string of the molecule is Cc1cc2c3c4c1C1(CCCC1)C(C)(C)N4c1ccccc1B3c1ccc(-n3c4ccccc4c4ccccc43)cc1N2c1ccccc1. The highest BCUT2D eigenvalue weighted by Gasteiger charge is 2.62. The van der Waals surface area contributed by atoms with Gasteiger partial charge in [-0.05, 0) is 110 Å². The molecule has 7 aromatic rings. The first-order valence-electron chi connectivity index (χ1n) is 18.0. The predicted molar refractivity (Wildman–Crippen MR) is 208 cm³/mol. The molecule has 6 aromatic carbocycles. The van der Waals surface area contributed by atoms with Crippen LogP contribution in [0, 0.1) is 6.92 Å². The Morgan fingerprint density at radius 2 is 1.22 bits per heavy atom. The van der Waals surface area contributed by atoms with E-state index in [-0.39, 0.29) is 17.7 Å². The van der Waals surface area contributed by atoms with Gasteiger partial charge in [0.25, 0.3) is 6.71 Å². The zero-order valence-corrected chi connectivity index (χ0v) is 28.4. The van der Waals surface area contributed by atoms with Crippen LogP contribution in [0.4, 0.5) is 28.4 Å². The first-order valence-corrected chi connectivity index (χ1v) is 18.0. The minimum absolute atomic E-state index is 0.0228. The van der Waals surface area contributed by atoms with Gasteiger partial charge in [-0.25, -0.2) is 0 Å². The molecule has 0 atom stereocenters. The molecule has 0 unspecified atom stereocenters. The first kappa shape index (κ1) is 27.7. The number of fused-ring (bicyclic) bond motifs is 9. The standard InChI is InChI=1S/C45H38BN3/c1-29-27-40-42-43-41(29)45(25-13-14-26-45)44(2,3)49(43)38-22-12-9-19-34(38)46(42)35-24-23-31(28-39(35)47(40)30-15-5-4-6-16-30)48-36-20-10-7-17-32(36)33-18-8-11-21-37(33)48/h4-12,15-24,27-28H,13-14,25-26H2,1-3H3. The maximum Gasteiger partial charge on any atom is 0.252 e. The topological polar surface area (TPSA) is 11.4 Å². The van der Waals surface area contributed by atoms with E-state index in [4.69, 9.17) is 0 Å². The number of aromatic nitrogens is 1. The third-order valence-electron chi connectivity index (χ3n) is 12.8. The van der Waals surface area contributed by atoms with Gasteiger partial charge in [-0.1, -0.05) is 91.7 Å².